The predicted molar refractivity (Wildman–Crippen MR) is 53.1 cm³/mol. The maximum absolute atomic E-state index is 5.82. The summed E-state index contributed by atoms with van der Waals surface area (Å²) in [7, 11) is 0. The molecule has 12 heavy (non-hydrogen) atoms. The third-order valence-electron chi connectivity index (χ3n) is 2.71. The Morgan fingerprint density at radius 1 is 1.58 bits per heavy atom. The van der Waals surface area contributed by atoms with Gasteiger partial charge in [0.05, 0.1) is 0 Å². The lowest BCUT2D eigenvalue weighted by atomic mass is 10.0. The van der Waals surface area contributed by atoms with E-state index in [0.717, 1.165) is 32.4 Å². The SMILES string of the molecule is C=CCC(C)N1CCC(N)CC1. The first-order chi connectivity index (χ1) is 5.74. The van der Waals surface area contributed by atoms with Crippen LogP contribution in [0.15, 0.2) is 12.7 Å². The van der Waals surface area contributed by atoms with E-state index >= 15 is 0 Å². The maximum Gasteiger partial charge on any atom is 0.0101 e. The summed E-state index contributed by atoms with van der Waals surface area (Å²) < 4.78 is 0. The molecule has 2 nitrogen and oxygen atoms in total. The second kappa shape index (κ2) is 4.63. The van der Waals surface area contributed by atoms with Crippen LogP contribution in [0.25, 0.3) is 0 Å². The van der Waals surface area contributed by atoms with E-state index in [-0.39, 0.29) is 0 Å². The molecule has 1 fully saturated rings. The van der Waals surface area contributed by atoms with E-state index in [2.05, 4.69) is 18.4 Å². The molecule has 1 aliphatic heterocycles. The first kappa shape index (κ1) is 9.75. The molecule has 2 heteroatoms. The van der Waals surface area contributed by atoms with Gasteiger partial charge in [-0.25, -0.2) is 0 Å². The fourth-order valence-corrected chi connectivity index (χ4v) is 1.75. The van der Waals surface area contributed by atoms with Crippen LogP contribution in [0.2, 0.25) is 0 Å². The van der Waals surface area contributed by atoms with E-state index in [1.165, 1.54) is 0 Å². The van der Waals surface area contributed by atoms with Gasteiger partial charge in [0.15, 0.2) is 0 Å². The topological polar surface area (TPSA) is 29.3 Å². The van der Waals surface area contributed by atoms with Crippen LogP contribution in [0.3, 0.4) is 0 Å². The molecule has 1 rings (SSSR count). The summed E-state index contributed by atoms with van der Waals surface area (Å²) in [5.74, 6) is 0. The van der Waals surface area contributed by atoms with Crippen molar-refractivity contribution in [3.05, 3.63) is 12.7 Å². The van der Waals surface area contributed by atoms with Crippen LogP contribution in [-0.2, 0) is 0 Å². The van der Waals surface area contributed by atoms with Crippen molar-refractivity contribution in [1.82, 2.24) is 4.90 Å². The second-order valence-corrected chi connectivity index (χ2v) is 3.75. The van der Waals surface area contributed by atoms with Gasteiger partial charge in [0, 0.05) is 12.1 Å². The van der Waals surface area contributed by atoms with Crippen molar-refractivity contribution < 1.29 is 0 Å². The first-order valence-corrected chi connectivity index (χ1v) is 4.84. The molecule has 0 radical (unpaired) electrons. The number of piperidine rings is 1. The van der Waals surface area contributed by atoms with Gasteiger partial charge in [-0.15, -0.1) is 6.58 Å². The van der Waals surface area contributed by atoms with Gasteiger partial charge in [-0.1, -0.05) is 6.08 Å². The lowest BCUT2D eigenvalue weighted by Gasteiger charge is -2.34. The zero-order chi connectivity index (χ0) is 8.97. The highest BCUT2D eigenvalue weighted by molar-refractivity contribution is 4.81. The molecular weight excluding hydrogens is 148 g/mol. The maximum atomic E-state index is 5.82. The smallest absolute Gasteiger partial charge is 0.0101 e. The van der Waals surface area contributed by atoms with E-state index in [1.807, 2.05) is 6.08 Å². The van der Waals surface area contributed by atoms with Crippen molar-refractivity contribution in [3.8, 4) is 0 Å². The normalized spacial score (nSPS) is 23.8. The fraction of sp³-hybridized carbons (Fsp3) is 0.800. The van der Waals surface area contributed by atoms with Crippen LogP contribution in [0, 0.1) is 0 Å². The summed E-state index contributed by atoms with van der Waals surface area (Å²) in [6, 6.07) is 1.09. The Kier molecular flexibility index (Phi) is 3.76. The van der Waals surface area contributed by atoms with E-state index < -0.39 is 0 Å². The van der Waals surface area contributed by atoms with Crippen LogP contribution in [0.4, 0.5) is 0 Å². The zero-order valence-corrected chi connectivity index (χ0v) is 8.00. The monoisotopic (exact) mass is 168 g/mol. The highest BCUT2D eigenvalue weighted by atomic mass is 15.2. The number of hydrogen-bond acceptors (Lipinski definition) is 2. The summed E-state index contributed by atoms with van der Waals surface area (Å²) in [6.45, 7) is 8.35. The van der Waals surface area contributed by atoms with E-state index in [1.54, 1.807) is 0 Å². The quantitative estimate of drug-likeness (QED) is 0.645. The summed E-state index contributed by atoms with van der Waals surface area (Å²) in [5, 5.41) is 0. The Morgan fingerprint density at radius 3 is 2.67 bits per heavy atom. The molecule has 0 aromatic heterocycles. The third-order valence-corrected chi connectivity index (χ3v) is 2.71. The van der Waals surface area contributed by atoms with Gasteiger partial charge < -0.3 is 10.6 Å². The first-order valence-electron chi connectivity index (χ1n) is 4.84. The van der Waals surface area contributed by atoms with Gasteiger partial charge in [-0.2, -0.15) is 0 Å². The minimum atomic E-state index is 0.442. The van der Waals surface area contributed by atoms with Crippen LogP contribution in [-0.4, -0.2) is 30.1 Å². The molecule has 0 aliphatic carbocycles. The van der Waals surface area contributed by atoms with Crippen molar-refractivity contribution in [2.45, 2.75) is 38.3 Å². The summed E-state index contributed by atoms with van der Waals surface area (Å²) >= 11 is 0. The van der Waals surface area contributed by atoms with Crippen molar-refractivity contribution in [3.63, 3.8) is 0 Å². The standard InChI is InChI=1S/C10H20N2/c1-3-4-9(2)12-7-5-10(11)6-8-12/h3,9-10H,1,4-8,11H2,2H3. The molecule has 2 N–H and O–H groups in total. The molecule has 0 aromatic rings. The highest BCUT2D eigenvalue weighted by Crippen LogP contribution is 2.13. The molecule has 1 unspecified atom stereocenters. The fourth-order valence-electron chi connectivity index (χ4n) is 1.75. The molecule has 0 spiro atoms. The molecular formula is C10H20N2. The van der Waals surface area contributed by atoms with Crippen molar-refractivity contribution in [2.24, 2.45) is 5.73 Å². The Balaban J connectivity index is 2.28. The number of nitrogens with two attached hydrogens (primary N) is 1. The zero-order valence-electron chi connectivity index (χ0n) is 8.00. The molecule has 1 saturated heterocycles. The van der Waals surface area contributed by atoms with Crippen LogP contribution in [0.1, 0.15) is 26.2 Å². The Hall–Kier alpha value is -0.340. The van der Waals surface area contributed by atoms with Crippen LogP contribution < -0.4 is 5.73 Å². The Morgan fingerprint density at radius 2 is 2.17 bits per heavy atom. The largest absolute Gasteiger partial charge is 0.328 e. The number of hydrogen-bond donors (Lipinski definition) is 1. The molecule has 1 heterocycles. The lowest BCUT2D eigenvalue weighted by Crippen LogP contribution is -2.43. The molecule has 0 saturated carbocycles. The Bertz CT molecular complexity index is 137. The van der Waals surface area contributed by atoms with Crippen molar-refractivity contribution in [2.75, 3.05) is 13.1 Å². The van der Waals surface area contributed by atoms with E-state index in [9.17, 15) is 0 Å². The van der Waals surface area contributed by atoms with Crippen LogP contribution >= 0.6 is 0 Å². The molecule has 1 aliphatic rings. The minimum Gasteiger partial charge on any atom is -0.328 e. The summed E-state index contributed by atoms with van der Waals surface area (Å²) in [5.41, 5.74) is 5.82. The highest BCUT2D eigenvalue weighted by Gasteiger charge is 2.19. The van der Waals surface area contributed by atoms with Gasteiger partial charge in [0.25, 0.3) is 0 Å². The average Bonchev–Trinajstić information content (AvgIpc) is 2.06. The number of rotatable bonds is 3. The molecule has 70 valence electrons. The second-order valence-electron chi connectivity index (χ2n) is 3.75. The van der Waals surface area contributed by atoms with Gasteiger partial charge in [-0.3, -0.25) is 0 Å². The summed E-state index contributed by atoms with van der Waals surface area (Å²) in [4.78, 5) is 2.50. The average molecular weight is 168 g/mol. The van der Waals surface area contributed by atoms with Gasteiger partial charge in [0.2, 0.25) is 0 Å². The molecule has 1 atom stereocenters. The number of likely N-dealkylation sites (tertiary alicyclic amines) is 1. The van der Waals surface area contributed by atoms with Crippen molar-refractivity contribution in [1.29, 1.82) is 0 Å². The molecule has 0 aromatic carbocycles. The Labute approximate surface area is 75.4 Å². The predicted octanol–water partition coefficient (Wildman–Crippen LogP) is 1.37. The summed E-state index contributed by atoms with van der Waals surface area (Å²) in [6.07, 6.45) is 5.40. The van der Waals surface area contributed by atoms with Gasteiger partial charge in [-0.05, 0) is 39.3 Å². The van der Waals surface area contributed by atoms with Crippen molar-refractivity contribution >= 4 is 0 Å². The lowest BCUT2D eigenvalue weighted by molar-refractivity contribution is 0.163. The van der Waals surface area contributed by atoms with E-state index in [0.29, 0.717) is 12.1 Å². The minimum absolute atomic E-state index is 0.442. The van der Waals surface area contributed by atoms with Gasteiger partial charge in [0.1, 0.15) is 0 Å². The van der Waals surface area contributed by atoms with Gasteiger partial charge >= 0.3 is 0 Å². The number of nitrogens with zero attached hydrogens (tertiary/aromatic N) is 1. The van der Waals surface area contributed by atoms with E-state index in [4.69, 9.17) is 5.73 Å². The third kappa shape index (κ3) is 2.61. The molecule has 0 amide bonds. The van der Waals surface area contributed by atoms with Crippen LogP contribution in [0.5, 0.6) is 0 Å². The molecule has 0 bridgehead atoms.